The third-order valence-corrected chi connectivity index (χ3v) is 6.00. The molecule has 170 valence electrons. The quantitative estimate of drug-likeness (QED) is 0.292. The molecular formula is C27H22N2O4S. The monoisotopic (exact) mass is 470 g/mol. The fraction of sp³-hybridized carbons (Fsp3) is 0.148. The standard InChI is InChI=1S/C27H22N2O4S/c1-3-32-27(30)25(19-8-5-4-6-9-19)33-26-22(17-28)21(18-11-13-20(31-2)14-12-18)16-23(29-26)24-10-7-15-34-24/h4-16,25H,3H2,1-2H3. The van der Waals surface area contributed by atoms with Gasteiger partial charge in [0.1, 0.15) is 17.4 Å². The molecule has 7 heteroatoms. The smallest absolute Gasteiger partial charge is 0.352 e. The van der Waals surface area contributed by atoms with Crippen LogP contribution in [0.2, 0.25) is 0 Å². The van der Waals surface area contributed by atoms with E-state index in [9.17, 15) is 10.1 Å². The van der Waals surface area contributed by atoms with Crippen LogP contribution in [-0.4, -0.2) is 24.7 Å². The third kappa shape index (κ3) is 4.92. The predicted octanol–water partition coefficient (Wildman–Crippen LogP) is 6.04. The van der Waals surface area contributed by atoms with E-state index in [4.69, 9.17) is 14.2 Å². The minimum atomic E-state index is -1.07. The number of nitriles is 1. The molecule has 0 radical (unpaired) electrons. The van der Waals surface area contributed by atoms with Gasteiger partial charge in [-0.25, -0.2) is 9.78 Å². The summed E-state index contributed by atoms with van der Waals surface area (Å²) in [6.07, 6.45) is -1.07. The number of pyridine rings is 1. The molecule has 0 saturated heterocycles. The number of esters is 1. The second-order valence-corrected chi connectivity index (χ2v) is 8.16. The number of ether oxygens (including phenoxy) is 3. The number of aromatic nitrogens is 1. The van der Waals surface area contributed by atoms with Gasteiger partial charge in [0.05, 0.1) is 24.3 Å². The van der Waals surface area contributed by atoms with Crippen LogP contribution < -0.4 is 9.47 Å². The van der Waals surface area contributed by atoms with Crippen LogP contribution in [0.3, 0.4) is 0 Å². The summed E-state index contributed by atoms with van der Waals surface area (Å²) in [5.41, 5.74) is 2.93. The van der Waals surface area contributed by atoms with Gasteiger partial charge in [-0.1, -0.05) is 48.5 Å². The molecule has 1 unspecified atom stereocenters. The number of hydrogen-bond acceptors (Lipinski definition) is 7. The third-order valence-electron chi connectivity index (χ3n) is 5.11. The average molecular weight is 471 g/mol. The zero-order chi connectivity index (χ0) is 23.9. The summed E-state index contributed by atoms with van der Waals surface area (Å²) >= 11 is 1.53. The van der Waals surface area contributed by atoms with E-state index in [2.05, 4.69) is 11.1 Å². The summed E-state index contributed by atoms with van der Waals surface area (Å²) in [6, 6.07) is 24.4. The van der Waals surface area contributed by atoms with E-state index in [0.717, 1.165) is 10.4 Å². The van der Waals surface area contributed by atoms with Crippen molar-refractivity contribution in [3.63, 3.8) is 0 Å². The zero-order valence-corrected chi connectivity index (χ0v) is 19.5. The molecule has 0 aliphatic rings. The summed E-state index contributed by atoms with van der Waals surface area (Å²) < 4.78 is 16.7. The molecule has 4 rings (SSSR count). The Balaban J connectivity index is 1.87. The molecule has 0 amide bonds. The number of nitrogens with zero attached hydrogens (tertiary/aromatic N) is 2. The van der Waals surface area contributed by atoms with Gasteiger partial charge in [0, 0.05) is 11.1 Å². The fourth-order valence-electron chi connectivity index (χ4n) is 3.47. The summed E-state index contributed by atoms with van der Waals surface area (Å²) in [5, 5.41) is 12.1. The van der Waals surface area contributed by atoms with E-state index < -0.39 is 12.1 Å². The van der Waals surface area contributed by atoms with Gasteiger partial charge in [0.15, 0.2) is 0 Å². The summed E-state index contributed by atoms with van der Waals surface area (Å²) in [6.45, 7) is 1.94. The van der Waals surface area contributed by atoms with Crippen LogP contribution in [0, 0.1) is 11.3 Å². The molecule has 0 N–H and O–H groups in total. The Kier molecular flexibility index (Phi) is 7.21. The number of carbonyl (C=O) groups excluding carboxylic acids is 1. The highest BCUT2D eigenvalue weighted by molar-refractivity contribution is 7.13. The van der Waals surface area contributed by atoms with Crippen LogP contribution in [0.15, 0.2) is 78.2 Å². The molecule has 1 atom stereocenters. The fourth-order valence-corrected chi connectivity index (χ4v) is 4.16. The molecule has 4 aromatic rings. The van der Waals surface area contributed by atoms with Crippen LogP contribution in [0.1, 0.15) is 24.2 Å². The second-order valence-electron chi connectivity index (χ2n) is 7.21. The summed E-state index contributed by atoms with van der Waals surface area (Å²) in [7, 11) is 1.60. The minimum Gasteiger partial charge on any atom is -0.497 e. The van der Waals surface area contributed by atoms with E-state index in [0.29, 0.717) is 22.6 Å². The van der Waals surface area contributed by atoms with E-state index in [1.54, 1.807) is 26.2 Å². The van der Waals surface area contributed by atoms with Crippen molar-refractivity contribution >= 4 is 17.3 Å². The predicted molar refractivity (Wildman–Crippen MR) is 131 cm³/mol. The maximum Gasteiger partial charge on any atom is 0.352 e. The maximum atomic E-state index is 12.8. The Hall–Kier alpha value is -4.15. The molecule has 0 aliphatic heterocycles. The Bertz CT molecular complexity index is 1300. The van der Waals surface area contributed by atoms with Gasteiger partial charge in [-0.15, -0.1) is 11.3 Å². The summed E-state index contributed by atoms with van der Waals surface area (Å²) in [4.78, 5) is 18.4. The second kappa shape index (κ2) is 10.6. The van der Waals surface area contributed by atoms with E-state index >= 15 is 0 Å². The van der Waals surface area contributed by atoms with Gasteiger partial charge < -0.3 is 14.2 Å². The molecule has 0 aliphatic carbocycles. The lowest BCUT2D eigenvalue weighted by molar-refractivity contribution is -0.151. The number of methoxy groups -OCH3 is 1. The molecule has 34 heavy (non-hydrogen) atoms. The number of rotatable bonds is 8. The first-order valence-electron chi connectivity index (χ1n) is 10.7. The lowest BCUT2D eigenvalue weighted by Gasteiger charge is -2.19. The van der Waals surface area contributed by atoms with Crippen LogP contribution in [0.5, 0.6) is 11.6 Å². The molecule has 2 heterocycles. The SMILES string of the molecule is CCOC(=O)C(Oc1nc(-c2cccs2)cc(-c2ccc(OC)cc2)c1C#N)c1ccccc1. The van der Waals surface area contributed by atoms with Crippen molar-refractivity contribution in [1.82, 2.24) is 4.98 Å². The van der Waals surface area contributed by atoms with E-state index in [-0.39, 0.29) is 18.1 Å². The van der Waals surface area contributed by atoms with Gasteiger partial charge in [-0.3, -0.25) is 0 Å². The highest BCUT2D eigenvalue weighted by atomic mass is 32.1. The van der Waals surface area contributed by atoms with E-state index in [1.165, 1.54) is 11.3 Å². The van der Waals surface area contributed by atoms with Crippen LogP contribution in [0.25, 0.3) is 21.7 Å². The normalized spacial score (nSPS) is 11.3. The van der Waals surface area contributed by atoms with Crippen molar-refractivity contribution in [2.45, 2.75) is 13.0 Å². The lowest BCUT2D eigenvalue weighted by atomic mass is 10.00. The number of benzene rings is 2. The molecule has 0 spiro atoms. The minimum absolute atomic E-state index is 0.0705. The zero-order valence-electron chi connectivity index (χ0n) is 18.7. The topological polar surface area (TPSA) is 81.4 Å². The van der Waals surface area contributed by atoms with Crippen molar-refractivity contribution in [3.05, 3.63) is 89.3 Å². The molecule has 2 aromatic carbocycles. The maximum absolute atomic E-state index is 12.8. The molecule has 0 saturated carbocycles. The van der Waals surface area contributed by atoms with Gasteiger partial charge >= 0.3 is 5.97 Å². The molecule has 2 aromatic heterocycles. The van der Waals surface area contributed by atoms with Crippen molar-refractivity contribution in [3.8, 4) is 39.4 Å². The summed E-state index contributed by atoms with van der Waals surface area (Å²) in [5.74, 6) is 0.228. The molecular weight excluding hydrogens is 448 g/mol. The van der Waals surface area contributed by atoms with Crippen molar-refractivity contribution in [2.75, 3.05) is 13.7 Å². The average Bonchev–Trinajstić information content (AvgIpc) is 3.42. The molecule has 0 fully saturated rings. The van der Waals surface area contributed by atoms with E-state index in [1.807, 2.05) is 66.0 Å². The highest BCUT2D eigenvalue weighted by Gasteiger charge is 2.27. The largest absolute Gasteiger partial charge is 0.497 e. The number of hydrogen-bond donors (Lipinski definition) is 0. The molecule has 0 bridgehead atoms. The van der Waals surface area contributed by atoms with Gasteiger partial charge in [0.2, 0.25) is 12.0 Å². The van der Waals surface area contributed by atoms with Gasteiger partial charge in [-0.05, 0) is 42.1 Å². The number of carbonyl (C=O) groups is 1. The van der Waals surface area contributed by atoms with Crippen LogP contribution in [-0.2, 0) is 9.53 Å². The van der Waals surface area contributed by atoms with Gasteiger partial charge in [-0.2, -0.15) is 5.26 Å². The Morgan fingerprint density at radius 2 is 1.85 bits per heavy atom. The number of thiophene rings is 1. The Morgan fingerprint density at radius 1 is 1.09 bits per heavy atom. The van der Waals surface area contributed by atoms with Crippen molar-refractivity contribution < 1.29 is 19.0 Å². The van der Waals surface area contributed by atoms with Gasteiger partial charge in [0.25, 0.3) is 0 Å². The highest BCUT2D eigenvalue weighted by Crippen LogP contribution is 2.37. The Morgan fingerprint density at radius 3 is 2.47 bits per heavy atom. The van der Waals surface area contributed by atoms with Crippen LogP contribution in [0.4, 0.5) is 0 Å². The first kappa shape index (κ1) is 23.0. The lowest BCUT2D eigenvalue weighted by Crippen LogP contribution is -2.22. The Labute approximate surface area is 202 Å². The van der Waals surface area contributed by atoms with Crippen molar-refractivity contribution in [2.24, 2.45) is 0 Å². The first-order valence-corrected chi connectivity index (χ1v) is 11.5. The first-order chi connectivity index (χ1) is 16.6. The molecule has 6 nitrogen and oxygen atoms in total. The van der Waals surface area contributed by atoms with Crippen LogP contribution >= 0.6 is 11.3 Å². The van der Waals surface area contributed by atoms with Crippen molar-refractivity contribution in [1.29, 1.82) is 5.26 Å².